The topological polar surface area (TPSA) is 58.7 Å². The molecule has 2 fully saturated rings. The van der Waals surface area contributed by atoms with Crippen LogP contribution in [-0.4, -0.2) is 46.9 Å². The maximum atomic E-state index is 13.4. The van der Waals surface area contributed by atoms with Crippen LogP contribution in [0.4, 0.5) is 4.39 Å². The second-order valence-corrected chi connectivity index (χ2v) is 6.90. The minimum Gasteiger partial charge on any atom is -0.439 e. The molecule has 0 radical (unpaired) electrons. The quantitative estimate of drug-likeness (QED) is 0.922. The van der Waals surface area contributed by atoms with Gasteiger partial charge in [0.25, 0.3) is 0 Å². The van der Waals surface area contributed by atoms with Crippen molar-refractivity contribution in [3.63, 3.8) is 0 Å². The van der Waals surface area contributed by atoms with Crippen molar-refractivity contribution in [1.82, 2.24) is 9.88 Å². The van der Waals surface area contributed by atoms with Crippen LogP contribution in [0.5, 0.6) is 0 Å². The molecule has 1 saturated heterocycles. The zero-order valence-electron chi connectivity index (χ0n) is 14.1. The van der Waals surface area contributed by atoms with Gasteiger partial charge in [0.15, 0.2) is 5.76 Å². The number of rotatable bonds is 4. The van der Waals surface area contributed by atoms with Gasteiger partial charge in [-0.2, -0.15) is 0 Å². The van der Waals surface area contributed by atoms with Gasteiger partial charge in [-0.05, 0) is 25.0 Å². The molecule has 0 spiro atoms. The molecule has 2 aromatic rings. The third-order valence-electron chi connectivity index (χ3n) is 5.31. The molecule has 1 aromatic carbocycles. The van der Waals surface area contributed by atoms with Crippen molar-refractivity contribution < 1.29 is 18.7 Å². The van der Waals surface area contributed by atoms with Gasteiger partial charge in [-0.3, -0.25) is 4.90 Å². The van der Waals surface area contributed by atoms with Crippen LogP contribution in [0.2, 0.25) is 0 Å². The Balaban J connectivity index is 1.49. The highest BCUT2D eigenvalue weighted by molar-refractivity contribution is 5.56. The molecule has 1 saturated carbocycles. The van der Waals surface area contributed by atoms with E-state index in [2.05, 4.69) is 9.88 Å². The van der Waals surface area contributed by atoms with E-state index >= 15 is 0 Å². The molecular weight excluding hydrogens is 323 g/mol. The second-order valence-electron chi connectivity index (χ2n) is 6.90. The maximum absolute atomic E-state index is 13.4. The van der Waals surface area contributed by atoms with Crippen molar-refractivity contribution in [2.75, 3.05) is 19.8 Å². The van der Waals surface area contributed by atoms with Gasteiger partial charge in [-0.1, -0.05) is 18.6 Å². The average molecular weight is 346 g/mol. The molecule has 2 heterocycles. The Morgan fingerprint density at radius 2 is 2.24 bits per heavy atom. The Morgan fingerprint density at radius 3 is 3.04 bits per heavy atom. The predicted molar refractivity (Wildman–Crippen MR) is 90.3 cm³/mol. The van der Waals surface area contributed by atoms with E-state index in [0.29, 0.717) is 37.0 Å². The molecule has 1 aliphatic heterocycles. The Morgan fingerprint density at radius 1 is 1.32 bits per heavy atom. The molecule has 0 unspecified atom stereocenters. The summed E-state index contributed by atoms with van der Waals surface area (Å²) in [5.41, 5.74) is 0.684. The number of ether oxygens (including phenoxy) is 1. The molecule has 2 aliphatic rings. The van der Waals surface area contributed by atoms with E-state index in [1.807, 2.05) is 0 Å². The first-order valence-corrected chi connectivity index (χ1v) is 8.91. The Bertz CT molecular complexity index is 720. The lowest BCUT2D eigenvalue weighted by Crippen LogP contribution is -2.50. The van der Waals surface area contributed by atoms with Crippen molar-refractivity contribution in [1.29, 1.82) is 0 Å². The van der Waals surface area contributed by atoms with E-state index < -0.39 is 0 Å². The summed E-state index contributed by atoms with van der Waals surface area (Å²) in [6.07, 6.45) is 4.37. The predicted octanol–water partition coefficient (Wildman–Crippen LogP) is 2.84. The van der Waals surface area contributed by atoms with Gasteiger partial charge in [0.1, 0.15) is 5.82 Å². The molecule has 1 aromatic heterocycles. The molecular formula is C19H23FN2O3. The van der Waals surface area contributed by atoms with Crippen molar-refractivity contribution >= 4 is 0 Å². The zero-order valence-corrected chi connectivity index (χ0v) is 14.1. The molecule has 5 nitrogen and oxygen atoms in total. The van der Waals surface area contributed by atoms with Crippen LogP contribution in [0, 0.1) is 11.7 Å². The summed E-state index contributed by atoms with van der Waals surface area (Å²) < 4.78 is 24.9. The molecule has 0 amide bonds. The number of benzene rings is 1. The Hall–Kier alpha value is -1.76. The van der Waals surface area contributed by atoms with Gasteiger partial charge < -0.3 is 14.3 Å². The lowest BCUT2D eigenvalue weighted by Gasteiger charge is -2.39. The summed E-state index contributed by atoms with van der Waals surface area (Å²) in [6.45, 7) is 2.69. The summed E-state index contributed by atoms with van der Waals surface area (Å²) in [7, 11) is 0. The molecule has 3 atom stereocenters. The van der Waals surface area contributed by atoms with Gasteiger partial charge in [0, 0.05) is 24.1 Å². The number of morpholine rings is 1. The molecule has 134 valence electrons. The smallest absolute Gasteiger partial charge is 0.209 e. The standard InChI is InChI=1S/C19H23FN2O3/c20-14-4-1-3-13(9-14)18-10-21-19(25-18)11-22-7-8-24-12-16(22)15-5-2-6-17(15)23/h1,3-4,9-10,15-17,23H,2,5-8,11-12H2/t15-,16+,17+/m0/s1. The minimum atomic E-state index is -0.293. The van der Waals surface area contributed by atoms with Gasteiger partial charge in [0.2, 0.25) is 5.89 Å². The first kappa shape index (κ1) is 16.7. The van der Waals surface area contributed by atoms with Crippen LogP contribution in [0.25, 0.3) is 11.3 Å². The summed E-state index contributed by atoms with van der Waals surface area (Å²) in [5.74, 6) is 1.13. The molecule has 25 heavy (non-hydrogen) atoms. The van der Waals surface area contributed by atoms with E-state index in [1.165, 1.54) is 12.1 Å². The number of oxazole rings is 1. The largest absolute Gasteiger partial charge is 0.439 e. The van der Waals surface area contributed by atoms with Gasteiger partial charge >= 0.3 is 0 Å². The van der Waals surface area contributed by atoms with Crippen molar-refractivity contribution in [2.45, 2.75) is 38.0 Å². The molecule has 4 rings (SSSR count). The lowest BCUT2D eigenvalue weighted by atomic mass is 9.94. The SMILES string of the molecule is O[C@@H]1CCC[C@H]1[C@H]1COCCN1Cc1ncc(-c2cccc(F)c2)o1. The third-order valence-corrected chi connectivity index (χ3v) is 5.31. The fourth-order valence-electron chi connectivity index (χ4n) is 4.00. The third kappa shape index (κ3) is 3.61. The number of nitrogens with zero attached hydrogens (tertiary/aromatic N) is 2. The number of hydrogen-bond donors (Lipinski definition) is 1. The first-order valence-electron chi connectivity index (χ1n) is 8.91. The van der Waals surface area contributed by atoms with E-state index in [4.69, 9.17) is 9.15 Å². The van der Waals surface area contributed by atoms with Crippen LogP contribution in [0.3, 0.4) is 0 Å². The Kier molecular flexibility index (Phi) is 4.83. The van der Waals surface area contributed by atoms with Crippen molar-refractivity contribution in [3.8, 4) is 11.3 Å². The van der Waals surface area contributed by atoms with Gasteiger partial charge in [-0.25, -0.2) is 9.37 Å². The maximum Gasteiger partial charge on any atom is 0.209 e. The number of halogens is 1. The van der Waals surface area contributed by atoms with Crippen LogP contribution >= 0.6 is 0 Å². The average Bonchev–Trinajstić information content (AvgIpc) is 3.25. The molecule has 1 N–H and O–H groups in total. The fraction of sp³-hybridized carbons (Fsp3) is 0.526. The van der Waals surface area contributed by atoms with Gasteiger partial charge in [-0.15, -0.1) is 0 Å². The monoisotopic (exact) mass is 346 g/mol. The van der Waals surface area contributed by atoms with Crippen LogP contribution in [0.15, 0.2) is 34.9 Å². The molecule has 6 heteroatoms. The highest BCUT2D eigenvalue weighted by atomic mass is 19.1. The normalized spacial score (nSPS) is 27.7. The number of hydrogen-bond acceptors (Lipinski definition) is 5. The van der Waals surface area contributed by atoms with E-state index in [1.54, 1.807) is 18.3 Å². The first-order chi connectivity index (χ1) is 12.2. The highest BCUT2D eigenvalue weighted by Crippen LogP contribution is 2.33. The summed E-state index contributed by atoms with van der Waals surface area (Å²) >= 11 is 0. The minimum absolute atomic E-state index is 0.191. The number of aromatic nitrogens is 1. The van der Waals surface area contributed by atoms with Gasteiger partial charge in [0.05, 0.1) is 32.1 Å². The fourth-order valence-corrected chi connectivity index (χ4v) is 4.00. The van der Waals surface area contributed by atoms with Crippen LogP contribution < -0.4 is 0 Å². The Labute approximate surface area is 146 Å². The van der Waals surface area contributed by atoms with E-state index in [0.717, 1.165) is 25.8 Å². The summed E-state index contributed by atoms with van der Waals surface area (Å²) in [4.78, 5) is 6.66. The lowest BCUT2D eigenvalue weighted by molar-refractivity contribution is -0.0562. The van der Waals surface area contributed by atoms with E-state index in [-0.39, 0.29) is 23.9 Å². The summed E-state index contributed by atoms with van der Waals surface area (Å²) in [5, 5.41) is 10.2. The van der Waals surface area contributed by atoms with Crippen LogP contribution in [0.1, 0.15) is 25.2 Å². The highest BCUT2D eigenvalue weighted by Gasteiger charge is 2.37. The molecule has 1 aliphatic carbocycles. The number of aliphatic hydroxyl groups is 1. The van der Waals surface area contributed by atoms with Crippen LogP contribution in [-0.2, 0) is 11.3 Å². The summed E-state index contributed by atoms with van der Waals surface area (Å²) in [6, 6.07) is 6.50. The number of aliphatic hydroxyl groups excluding tert-OH is 1. The molecule has 0 bridgehead atoms. The zero-order chi connectivity index (χ0) is 17.2. The van der Waals surface area contributed by atoms with Crippen molar-refractivity contribution in [3.05, 3.63) is 42.2 Å². The van der Waals surface area contributed by atoms with E-state index in [9.17, 15) is 9.50 Å². The van der Waals surface area contributed by atoms with Crippen molar-refractivity contribution in [2.24, 2.45) is 5.92 Å². The second kappa shape index (κ2) is 7.23.